The molecular weight excluding hydrogens is 280 g/mol. The van der Waals surface area contributed by atoms with Crippen LogP contribution < -0.4 is 5.56 Å². The Morgan fingerprint density at radius 1 is 1.41 bits per heavy atom. The number of benzene rings is 1. The Labute approximate surface area is 108 Å². The number of aromatic nitrogens is 2. The molecule has 0 unspecified atom stereocenters. The molecule has 0 amide bonds. The van der Waals surface area contributed by atoms with Crippen molar-refractivity contribution in [3.63, 3.8) is 0 Å². The second-order valence-electron chi connectivity index (χ2n) is 5.19. The van der Waals surface area contributed by atoms with Gasteiger partial charge in [-0.2, -0.15) is 0 Å². The Balaban J connectivity index is 2.44. The molecule has 4 heteroatoms. The minimum absolute atomic E-state index is 0.00430. The number of nitrogens with zero attached hydrogens (tertiary/aromatic N) is 2. The molecule has 0 aliphatic carbocycles. The standard InChI is InChI=1S/C13H13BrN2O/c1-13(2)5-6-16-11(17)9-4-3-8(14)7-10(9)15-12(13)16/h3-4,7H,5-6H2,1-2H3. The highest BCUT2D eigenvalue weighted by atomic mass is 79.9. The number of halogens is 1. The third-order valence-corrected chi connectivity index (χ3v) is 3.98. The van der Waals surface area contributed by atoms with E-state index >= 15 is 0 Å². The Kier molecular flexibility index (Phi) is 2.20. The summed E-state index contributed by atoms with van der Waals surface area (Å²) < 4.78 is 2.77. The van der Waals surface area contributed by atoms with E-state index in [2.05, 4.69) is 34.8 Å². The van der Waals surface area contributed by atoms with Crippen LogP contribution in [0.1, 0.15) is 26.1 Å². The first-order valence-electron chi connectivity index (χ1n) is 5.70. The van der Waals surface area contributed by atoms with Gasteiger partial charge >= 0.3 is 0 Å². The first-order valence-corrected chi connectivity index (χ1v) is 6.49. The molecule has 1 aromatic heterocycles. The zero-order chi connectivity index (χ0) is 12.2. The van der Waals surface area contributed by atoms with Gasteiger partial charge in [0.15, 0.2) is 0 Å². The lowest BCUT2D eigenvalue weighted by Crippen LogP contribution is -2.24. The summed E-state index contributed by atoms with van der Waals surface area (Å²) in [6.07, 6.45) is 0.979. The minimum atomic E-state index is -0.00430. The third-order valence-electron chi connectivity index (χ3n) is 3.48. The predicted octanol–water partition coefficient (Wildman–Crippen LogP) is 2.84. The zero-order valence-corrected chi connectivity index (χ0v) is 11.4. The van der Waals surface area contributed by atoms with Crippen molar-refractivity contribution in [2.45, 2.75) is 32.2 Å². The van der Waals surface area contributed by atoms with Crippen molar-refractivity contribution in [3.05, 3.63) is 38.9 Å². The summed E-state index contributed by atoms with van der Waals surface area (Å²) >= 11 is 3.42. The van der Waals surface area contributed by atoms with Gasteiger partial charge in [-0.3, -0.25) is 9.36 Å². The number of rotatable bonds is 0. The first kappa shape index (κ1) is 11.0. The molecule has 0 spiro atoms. The Bertz CT molecular complexity index is 673. The molecular formula is C13H13BrN2O. The lowest BCUT2D eigenvalue weighted by Gasteiger charge is -2.16. The van der Waals surface area contributed by atoms with E-state index in [9.17, 15) is 4.79 Å². The molecule has 3 rings (SSSR count). The lowest BCUT2D eigenvalue weighted by atomic mass is 9.91. The van der Waals surface area contributed by atoms with Crippen molar-refractivity contribution in [2.24, 2.45) is 0 Å². The van der Waals surface area contributed by atoms with E-state index < -0.39 is 0 Å². The van der Waals surface area contributed by atoms with Gasteiger partial charge in [0, 0.05) is 16.4 Å². The molecule has 2 aromatic rings. The van der Waals surface area contributed by atoms with E-state index in [0.717, 1.165) is 28.8 Å². The van der Waals surface area contributed by atoms with Gasteiger partial charge < -0.3 is 0 Å². The van der Waals surface area contributed by atoms with Gasteiger partial charge in [0.05, 0.1) is 10.9 Å². The van der Waals surface area contributed by atoms with Crippen LogP contribution in [0.15, 0.2) is 27.5 Å². The molecule has 3 nitrogen and oxygen atoms in total. The van der Waals surface area contributed by atoms with Gasteiger partial charge in [-0.25, -0.2) is 4.98 Å². The van der Waals surface area contributed by atoms with E-state index in [4.69, 9.17) is 0 Å². The van der Waals surface area contributed by atoms with Gasteiger partial charge in [-0.1, -0.05) is 29.8 Å². The Morgan fingerprint density at radius 3 is 2.94 bits per heavy atom. The highest BCUT2D eigenvalue weighted by Gasteiger charge is 2.32. The smallest absolute Gasteiger partial charge is 0.261 e. The molecule has 0 radical (unpaired) electrons. The summed E-state index contributed by atoms with van der Waals surface area (Å²) in [5.74, 6) is 0.910. The lowest BCUT2D eigenvalue weighted by molar-refractivity contribution is 0.510. The van der Waals surface area contributed by atoms with Crippen molar-refractivity contribution < 1.29 is 0 Å². The van der Waals surface area contributed by atoms with Gasteiger partial charge in [0.1, 0.15) is 5.82 Å². The second kappa shape index (κ2) is 3.42. The molecule has 17 heavy (non-hydrogen) atoms. The fourth-order valence-electron chi connectivity index (χ4n) is 2.42. The van der Waals surface area contributed by atoms with Crippen LogP contribution in [0.5, 0.6) is 0 Å². The van der Waals surface area contributed by atoms with Crippen molar-refractivity contribution in [2.75, 3.05) is 0 Å². The molecule has 0 fully saturated rings. The van der Waals surface area contributed by atoms with E-state index in [1.807, 2.05) is 22.8 Å². The van der Waals surface area contributed by atoms with Gasteiger partial charge in [-0.05, 0) is 24.6 Å². The van der Waals surface area contributed by atoms with Crippen molar-refractivity contribution in [1.29, 1.82) is 0 Å². The molecule has 1 aromatic carbocycles. The Morgan fingerprint density at radius 2 is 2.18 bits per heavy atom. The summed E-state index contributed by atoms with van der Waals surface area (Å²) in [6.45, 7) is 5.06. The highest BCUT2D eigenvalue weighted by molar-refractivity contribution is 9.10. The normalized spacial score (nSPS) is 17.4. The van der Waals surface area contributed by atoms with Crippen LogP contribution in [0.3, 0.4) is 0 Å². The molecule has 0 N–H and O–H groups in total. The molecule has 1 aliphatic rings. The van der Waals surface area contributed by atoms with Crippen LogP contribution in [-0.2, 0) is 12.0 Å². The van der Waals surface area contributed by atoms with Crippen molar-refractivity contribution >= 4 is 26.8 Å². The number of hydrogen-bond donors (Lipinski definition) is 0. The Hall–Kier alpha value is -1.16. The molecule has 2 heterocycles. The van der Waals surface area contributed by atoms with Crippen LogP contribution in [-0.4, -0.2) is 9.55 Å². The maximum atomic E-state index is 12.3. The summed E-state index contributed by atoms with van der Waals surface area (Å²) in [5.41, 5.74) is 0.865. The summed E-state index contributed by atoms with van der Waals surface area (Å²) in [7, 11) is 0. The van der Waals surface area contributed by atoms with Crippen molar-refractivity contribution in [1.82, 2.24) is 9.55 Å². The van der Waals surface area contributed by atoms with Crippen LogP contribution in [0.2, 0.25) is 0 Å². The van der Waals surface area contributed by atoms with Crippen LogP contribution in [0.4, 0.5) is 0 Å². The molecule has 0 atom stereocenters. The fourth-order valence-corrected chi connectivity index (χ4v) is 2.77. The average molecular weight is 293 g/mol. The molecule has 88 valence electrons. The van der Waals surface area contributed by atoms with Gasteiger partial charge in [-0.15, -0.1) is 0 Å². The van der Waals surface area contributed by atoms with Crippen molar-refractivity contribution in [3.8, 4) is 0 Å². The quantitative estimate of drug-likeness (QED) is 0.748. The molecule has 0 saturated carbocycles. The molecule has 1 aliphatic heterocycles. The van der Waals surface area contributed by atoms with E-state index in [1.165, 1.54) is 0 Å². The summed E-state index contributed by atoms with van der Waals surface area (Å²) in [5, 5.41) is 0.703. The topological polar surface area (TPSA) is 34.9 Å². The first-order chi connectivity index (χ1) is 7.99. The minimum Gasteiger partial charge on any atom is -0.296 e. The fraction of sp³-hybridized carbons (Fsp3) is 0.385. The molecule has 0 bridgehead atoms. The molecule has 0 saturated heterocycles. The second-order valence-corrected chi connectivity index (χ2v) is 6.10. The van der Waals surface area contributed by atoms with Crippen LogP contribution in [0.25, 0.3) is 10.9 Å². The largest absolute Gasteiger partial charge is 0.296 e. The third kappa shape index (κ3) is 1.54. The summed E-state index contributed by atoms with van der Waals surface area (Å²) in [6, 6.07) is 5.64. The van der Waals surface area contributed by atoms with Gasteiger partial charge in [0.25, 0.3) is 5.56 Å². The summed E-state index contributed by atoms with van der Waals surface area (Å²) in [4.78, 5) is 17.0. The highest BCUT2D eigenvalue weighted by Crippen LogP contribution is 2.32. The average Bonchev–Trinajstić information content (AvgIpc) is 2.55. The zero-order valence-electron chi connectivity index (χ0n) is 9.83. The van der Waals surface area contributed by atoms with E-state index in [1.54, 1.807) is 0 Å². The number of fused-ring (bicyclic) bond motifs is 2. The SMILES string of the molecule is CC1(C)CCn2c1nc1cc(Br)ccc1c2=O. The van der Waals surface area contributed by atoms with E-state index in [0.29, 0.717) is 5.39 Å². The van der Waals surface area contributed by atoms with Crippen LogP contribution >= 0.6 is 15.9 Å². The monoisotopic (exact) mass is 292 g/mol. The van der Waals surface area contributed by atoms with Crippen LogP contribution in [0, 0.1) is 0 Å². The predicted molar refractivity (Wildman–Crippen MR) is 71.3 cm³/mol. The van der Waals surface area contributed by atoms with E-state index in [-0.39, 0.29) is 11.0 Å². The number of hydrogen-bond acceptors (Lipinski definition) is 2. The maximum Gasteiger partial charge on any atom is 0.261 e. The maximum absolute atomic E-state index is 12.3. The van der Waals surface area contributed by atoms with Gasteiger partial charge in [0.2, 0.25) is 0 Å².